The van der Waals surface area contributed by atoms with E-state index in [2.05, 4.69) is 48.5 Å². The van der Waals surface area contributed by atoms with Crippen LogP contribution < -0.4 is 0 Å². The van der Waals surface area contributed by atoms with Gasteiger partial charge in [0.1, 0.15) is 10.8 Å². The Morgan fingerprint density at radius 1 is 1.33 bits per heavy atom. The van der Waals surface area contributed by atoms with Gasteiger partial charge in [0.05, 0.1) is 16.6 Å². The van der Waals surface area contributed by atoms with Crippen LogP contribution in [0.3, 0.4) is 0 Å². The second-order valence-corrected chi connectivity index (χ2v) is 6.91. The molecule has 0 bridgehead atoms. The number of benzene rings is 1. The average Bonchev–Trinajstić information content (AvgIpc) is 3.06. The Balaban J connectivity index is 2.29. The van der Waals surface area contributed by atoms with Crippen LogP contribution >= 0.6 is 22.9 Å². The van der Waals surface area contributed by atoms with Gasteiger partial charge in [-0.05, 0) is 32.4 Å². The number of hydrogen-bond donors (Lipinski definition) is 0. The normalized spacial score (nSPS) is 12.2. The lowest BCUT2D eigenvalue weighted by Crippen LogP contribution is -2.29. The van der Waals surface area contributed by atoms with E-state index in [1.165, 1.54) is 5.56 Å². The third-order valence-corrected chi connectivity index (χ3v) is 5.06. The first-order valence-corrected chi connectivity index (χ1v) is 8.40. The number of alkyl halides is 1. The molecule has 3 aromatic rings. The lowest BCUT2D eigenvalue weighted by atomic mass is 10.1. The fraction of sp³-hybridized carbons (Fsp3) is 0.375. The largest absolute Gasteiger partial charge is 0.316 e. The van der Waals surface area contributed by atoms with Crippen LogP contribution in [0.4, 0.5) is 0 Å². The van der Waals surface area contributed by atoms with E-state index in [1.807, 2.05) is 11.6 Å². The van der Waals surface area contributed by atoms with Crippen LogP contribution in [0.1, 0.15) is 30.2 Å². The Morgan fingerprint density at radius 3 is 2.81 bits per heavy atom. The summed E-state index contributed by atoms with van der Waals surface area (Å²) in [5.41, 5.74) is 3.16. The summed E-state index contributed by atoms with van der Waals surface area (Å²) in [7, 11) is 0. The molecule has 0 N–H and O–H groups in total. The minimum Gasteiger partial charge on any atom is -0.316 e. The Morgan fingerprint density at radius 2 is 2.14 bits per heavy atom. The van der Waals surface area contributed by atoms with Gasteiger partial charge in [0, 0.05) is 23.9 Å². The Bertz CT molecular complexity index is 759. The number of thiazole rings is 1. The van der Waals surface area contributed by atoms with Gasteiger partial charge in [0.15, 0.2) is 0 Å². The van der Waals surface area contributed by atoms with E-state index in [-0.39, 0.29) is 5.54 Å². The van der Waals surface area contributed by atoms with Gasteiger partial charge in [-0.15, -0.1) is 22.9 Å². The smallest absolute Gasteiger partial charge is 0.118 e. The number of rotatable bonds is 4. The maximum Gasteiger partial charge on any atom is 0.118 e. The Kier molecular flexibility index (Phi) is 3.76. The first kappa shape index (κ1) is 14.5. The van der Waals surface area contributed by atoms with E-state index in [9.17, 15) is 0 Å². The highest BCUT2D eigenvalue weighted by molar-refractivity contribution is 7.09. The van der Waals surface area contributed by atoms with E-state index in [0.717, 1.165) is 28.3 Å². The van der Waals surface area contributed by atoms with Gasteiger partial charge in [-0.2, -0.15) is 0 Å². The second kappa shape index (κ2) is 5.43. The monoisotopic (exact) mass is 319 g/mol. The minimum atomic E-state index is -0.238. The molecular weight excluding hydrogens is 302 g/mol. The van der Waals surface area contributed by atoms with E-state index in [4.69, 9.17) is 16.6 Å². The summed E-state index contributed by atoms with van der Waals surface area (Å²) in [5.74, 6) is 1.59. The molecule has 0 unspecified atom stereocenters. The van der Waals surface area contributed by atoms with E-state index in [1.54, 1.807) is 11.3 Å². The molecule has 2 heterocycles. The third kappa shape index (κ3) is 2.36. The highest BCUT2D eigenvalue weighted by Crippen LogP contribution is 2.33. The first-order valence-electron chi connectivity index (χ1n) is 6.99. The zero-order valence-corrected chi connectivity index (χ0v) is 14.0. The standard InChI is InChI=1S/C16H18ClN3S/c1-11-5-4-6-12-14(11)19-13(7-8-17)20(12)16(2,3)15-18-9-10-21-15/h4-6,9-10H,7-8H2,1-3H3. The predicted octanol–water partition coefficient (Wildman–Crippen LogP) is 4.37. The van der Waals surface area contributed by atoms with E-state index >= 15 is 0 Å². The van der Waals surface area contributed by atoms with Crippen LogP contribution in [0.25, 0.3) is 11.0 Å². The third-order valence-electron chi connectivity index (χ3n) is 3.79. The number of nitrogens with zero attached hydrogens (tertiary/aromatic N) is 3. The highest BCUT2D eigenvalue weighted by atomic mass is 35.5. The van der Waals surface area contributed by atoms with Crippen LogP contribution in [-0.2, 0) is 12.0 Å². The molecule has 0 saturated carbocycles. The molecule has 110 valence electrons. The number of aromatic nitrogens is 3. The fourth-order valence-corrected chi connectivity index (χ4v) is 3.71. The molecule has 0 aliphatic heterocycles. The second-order valence-electron chi connectivity index (χ2n) is 5.64. The number of hydrogen-bond acceptors (Lipinski definition) is 3. The maximum absolute atomic E-state index is 5.98. The molecule has 1 aromatic carbocycles. The number of aryl methyl sites for hydroxylation is 2. The topological polar surface area (TPSA) is 30.7 Å². The summed E-state index contributed by atoms with van der Waals surface area (Å²) < 4.78 is 2.29. The molecule has 0 radical (unpaired) electrons. The van der Waals surface area contributed by atoms with Crippen LogP contribution in [0.2, 0.25) is 0 Å². The number of imidazole rings is 1. The molecule has 0 amide bonds. The summed E-state index contributed by atoms with van der Waals surface area (Å²) in [6.45, 7) is 6.47. The van der Waals surface area contributed by atoms with Crippen molar-refractivity contribution >= 4 is 34.0 Å². The summed E-state index contributed by atoms with van der Waals surface area (Å²) in [6, 6.07) is 6.31. The molecule has 5 heteroatoms. The SMILES string of the molecule is Cc1cccc2c1nc(CCCl)n2C(C)(C)c1nccs1. The minimum absolute atomic E-state index is 0.238. The van der Waals surface area contributed by atoms with Crippen molar-refractivity contribution in [2.75, 3.05) is 5.88 Å². The van der Waals surface area contributed by atoms with Crippen molar-refractivity contribution in [2.24, 2.45) is 0 Å². The molecule has 0 saturated heterocycles. The maximum atomic E-state index is 5.98. The van der Waals surface area contributed by atoms with E-state index in [0.29, 0.717) is 5.88 Å². The number of para-hydroxylation sites is 1. The zero-order chi connectivity index (χ0) is 15.0. The van der Waals surface area contributed by atoms with Gasteiger partial charge in [-0.3, -0.25) is 0 Å². The zero-order valence-electron chi connectivity index (χ0n) is 12.4. The molecule has 0 atom stereocenters. The van der Waals surface area contributed by atoms with Crippen molar-refractivity contribution in [3.05, 3.63) is 46.2 Å². The van der Waals surface area contributed by atoms with Gasteiger partial charge in [-0.25, -0.2) is 9.97 Å². The Labute approximate surface area is 133 Å². The van der Waals surface area contributed by atoms with Gasteiger partial charge in [0.2, 0.25) is 0 Å². The summed E-state index contributed by atoms with van der Waals surface area (Å²) in [5, 5.41) is 3.10. The molecule has 3 rings (SSSR count). The number of halogens is 1. The molecule has 21 heavy (non-hydrogen) atoms. The van der Waals surface area contributed by atoms with Gasteiger partial charge in [-0.1, -0.05) is 12.1 Å². The summed E-state index contributed by atoms with van der Waals surface area (Å²) >= 11 is 7.66. The van der Waals surface area contributed by atoms with Crippen molar-refractivity contribution in [1.82, 2.24) is 14.5 Å². The van der Waals surface area contributed by atoms with Gasteiger partial charge in [0.25, 0.3) is 0 Å². The molecule has 0 aliphatic rings. The number of fused-ring (bicyclic) bond motifs is 1. The lowest BCUT2D eigenvalue weighted by molar-refractivity contribution is 0.431. The first-order chi connectivity index (χ1) is 10.1. The van der Waals surface area contributed by atoms with Crippen molar-refractivity contribution in [1.29, 1.82) is 0 Å². The predicted molar refractivity (Wildman–Crippen MR) is 89.4 cm³/mol. The van der Waals surface area contributed by atoms with Gasteiger partial charge >= 0.3 is 0 Å². The van der Waals surface area contributed by atoms with Crippen molar-refractivity contribution in [2.45, 2.75) is 32.7 Å². The molecular formula is C16H18ClN3S. The van der Waals surface area contributed by atoms with Crippen molar-refractivity contribution < 1.29 is 0 Å². The molecule has 0 fully saturated rings. The highest BCUT2D eigenvalue weighted by Gasteiger charge is 2.30. The molecule has 3 nitrogen and oxygen atoms in total. The molecule has 0 aliphatic carbocycles. The molecule has 2 aromatic heterocycles. The van der Waals surface area contributed by atoms with Crippen LogP contribution in [0.15, 0.2) is 29.8 Å². The van der Waals surface area contributed by atoms with Gasteiger partial charge < -0.3 is 4.57 Å². The summed E-state index contributed by atoms with van der Waals surface area (Å²) in [4.78, 5) is 9.34. The van der Waals surface area contributed by atoms with Crippen molar-refractivity contribution in [3.8, 4) is 0 Å². The van der Waals surface area contributed by atoms with Crippen molar-refractivity contribution in [3.63, 3.8) is 0 Å². The van der Waals surface area contributed by atoms with E-state index < -0.39 is 0 Å². The average molecular weight is 320 g/mol. The Hall–Kier alpha value is -1.39. The van der Waals surface area contributed by atoms with Crippen LogP contribution in [0, 0.1) is 6.92 Å². The van der Waals surface area contributed by atoms with Crippen LogP contribution in [-0.4, -0.2) is 20.4 Å². The quantitative estimate of drug-likeness (QED) is 0.669. The van der Waals surface area contributed by atoms with Crippen LogP contribution in [0.5, 0.6) is 0 Å². The summed E-state index contributed by atoms with van der Waals surface area (Å²) in [6.07, 6.45) is 2.61. The molecule has 0 spiro atoms. The fourth-order valence-electron chi connectivity index (χ4n) is 2.78. The lowest BCUT2D eigenvalue weighted by Gasteiger charge is -2.27.